The van der Waals surface area contributed by atoms with Gasteiger partial charge in [-0.15, -0.1) is 0 Å². The molecule has 0 saturated carbocycles. The smallest absolute Gasteiger partial charge is 0.0406 e. The summed E-state index contributed by atoms with van der Waals surface area (Å²) in [5, 5.41) is 0.791. The highest BCUT2D eigenvalue weighted by Crippen LogP contribution is 2.12. The van der Waals surface area contributed by atoms with Crippen molar-refractivity contribution in [3.63, 3.8) is 0 Å². The van der Waals surface area contributed by atoms with Crippen molar-refractivity contribution in [3.8, 4) is 0 Å². The van der Waals surface area contributed by atoms with Crippen molar-refractivity contribution in [3.05, 3.63) is 34.9 Å². The highest BCUT2D eigenvalue weighted by Gasteiger charge is 2.00. The molecule has 1 nitrogen and oxygen atoms in total. The Morgan fingerprint density at radius 3 is 2.42 bits per heavy atom. The third-order valence-corrected chi connectivity index (χ3v) is 2.15. The normalized spacial score (nSPS) is 12.9. The molecule has 0 aliphatic heterocycles. The molecule has 0 aromatic heterocycles. The summed E-state index contributed by atoms with van der Waals surface area (Å²) in [6, 6.07) is 7.93. The fraction of sp³-hybridized carbons (Fsp3) is 0.400. The summed E-state index contributed by atoms with van der Waals surface area (Å²) in [4.78, 5) is 0. The number of halogens is 1. The first-order valence-electron chi connectivity index (χ1n) is 4.17. The average Bonchev–Trinajstić information content (AvgIpc) is 2.09. The van der Waals surface area contributed by atoms with Crippen LogP contribution in [-0.4, -0.2) is 6.54 Å². The Morgan fingerprint density at radius 2 is 1.92 bits per heavy atom. The van der Waals surface area contributed by atoms with Crippen molar-refractivity contribution < 1.29 is 0 Å². The molecule has 1 aromatic carbocycles. The maximum absolute atomic E-state index is 5.76. The van der Waals surface area contributed by atoms with Crippen LogP contribution in [0.15, 0.2) is 24.3 Å². The summed E-state index contributed by atoms with van der Waals surface area (Å²) in [5.74, 6) is 0.547. The van der Waals surface area contributed by atoms with Gasteiger partial charge in [0.2, 0.25) is 0 Å². The first-order chi connectivity index (χ1) is 5.72. The predicted octanol–water partition coefficient (Wildman–Crippen LogP) is 2.48. The van der Waals surface area contributed by atoms with Crippen molar-refractivity contribution >= 4 is 11.6 Å². The van der Waals surface area contributed by atoms with Gasteiger partial charge in [0, 0.05) is 5.02 Å². The van der Waals surface area contributed by atoms with Gasteiger partial charge in [-0.25, -0.2) is 0 Å². The molecule has 0 aliphatic rings. The molecule has 1 aromatic rings. The van der Waals surface area contributed by atoms with Crippen LogP contribution in [0.4, 0.5) is 0 Å². The Labute approximate surface area is 78.5 Å². The van der Waals surface area contributed by atoms with Crippen LogP contribution >= 0.6 is 11.6 Å². The van der Waals surface area contributed by atoms with E-state index in [4.69, 9.17) is 17.3 Å². The van der Waals surface area contributed by atoms with Crippen LogP contribution in [0.3, 0.4) is 0 Å². The zero-order valence-corrected chi connectivity index (χ0v) is 8.01. The lowest BCUT2D eigenvalue weighted by Gasteiger charge is -2.07. The van der Waals surface area contributed by atoms with Crippen LogP contribution in [0.5, 0.6) is 0 Å². The highest BCUT2D eigenvalue weighted by molar-refractivity contribution is 6.30. The van der Waals surface area contributed by atoms with Crippen LogP contribution in [-0.2, 0) is 6.42 Å². The molecule has 0 bridgehead atoms. The molecule has 1 rings (SSSR count). The molecular weight excluding hydrogens is 170 g/mol. The minimum absolute atomic E-state index is 0.547. The van der Waals surface area contributed by atoms with E-state index in [1.54, 1.807) is 0 Å². The third-order valence-electron chi connectivity index (χ3n) is 1.90. The van der Waals surface area contributed by atoms with Crippen molar-refractivity contribution in [1.82, 2.24) is 0 Å². The molecule has 0 spiro atoms. The van der Waals surface area contributed by atoms with E-state index in [-0.39, 0.29) is 0 Å². The van der Waals surface area contributed by atoms with E-state index in [1.807, 2.05) is 12.1 Å². The summed E-state index contributed by atoms with van der Waals surface area (Å²) in [5.41, 5.74) is 6.83. The second kappa shape index (κ2) is 4.48. The molecule has 0 fully saturated rings. The monoisotopic (exact) mass is 183 g/mol. The average molecular weight is 184 g/mol. The molecule has 0 radical (unpaired) electrons. The van der Waals surface area contributed by atoms with Crippen LogP contribution in [0.2, 0.25) is 5.02 Å². The molecule has 12 heavy (non-hydrogen) atoms. The molecule has 2 N–H and O–H groups in total. The Hall–Kier alpha value is -0.530. The molecule has 0 unspecified atom stereocenters. The fourth-order valence-electron chi connectivity index (χ4n) is 1.11. The van der Waals surface area contributed by atoms with Crippen LogP contribution in [0, 0.1) is 5.92 Å². The zero-order chi connectivity index (χ0) is 8.97. The van der Waals surface area contributed by atoms with E-state index < -0.39 is 0 Å². The molecule has 0 amide bonds. The van der Waals surface area contributed by atoms with Crippen molar-refractivity contribution in [1.29, 1.82) is 0 Å². The predicted molar refractivity (Wildman–Crippen MR) is 53.4 cm³/mol. The minimum Gasteiger partial charge on any atom is -0.330 e. The van der Waals surface area contributed by atoms with Crippen molar-refractivity contribution in [2.24, 2.45) is 11.7 Å². The van der Waals surface area contributed by atoms with Crippen molar-refractivity contribution in [2.75, 3.05) is 6.54 Å². The van der Waals surface area contributed by atoms with Gasteiger partial charge in [0.25, 0.3) is 0 Å². The molecule has 0 aliphatic carbocycles. The highest BCUT2D eigenvalue weighted by atomic mass is 35.5. The second-order valence-electron chi connectivity index (χ2n) is 3.17. The Balaban J connectivity index is 2.58. The number of nitrogens with two attached hydrogens (primary N) is 1. The van der Waals surface area contributed by atoms with Crippen LogP contribution < -0.4 is 5.73 Å². The molecule has 0 saturated heterocycles. The van der Waals surface area contributed by atoms with Crippen LogP contribution in [0.25, 0.3) is 0 Å². The van der Waals surface area contributed by atoms with E-state index in [9.17, 15) is 0 Å². The first-order valence-corrected chi connectivity index (χ1v) is 4.54. The van der Waals surface area contributed by atoms with Gasteiger partial charge < -0.3 is 5.73 Å². The molecule has 0 heterocycles. The van der Waals surface area contributed by atoms with Gasteiger partial charge in [-0.05, 0) is 36.6 Å². The van der Waals surface area contributed by atoms with Crippen molar-refractivity contribution in [2.45, 2.75) is 13.3 Å². The quantitative estimate of drug-likeness (QED) is 0.766. The number of rotatable bonds is 3. The first kappa shape index (κ1) is 9.56. The van der Waals surface area contributed by atoms with Gasteiger partial charge in [-0.2, -0.15) is 0 Å². The Bertz CT molecular complexity index is 230. The van der Waals surface area contributed by atoms with E-state index in [1.165, 1.54) is 5.56 Å². The summed E-state index contributed by atoms with van der Waals surface area (Å²) in [7, 11) is 0. The largest absolute Gasteiger partial charge is 0.330 e. The topological polar surface area (TPSA) is 26.0 Å². The summed E-state index contributed by atoms with van der Waals surface area (Å²) < 4.78 is 0. The second-order valence-corrected chi connectivity index (χ2v) is 3.61. The number of benzene rings is 1. The number of hydrogen-bond acceptors (Lipinski definition) is 1. The maximum Gasteiger partial charge on any atom is 0.0406 e. The lowest BCUT2D eigenvalue weighted by Crippen LogP contribution is -2.12. The standard InChI is InChI=1S/C10H14ClN/c1-8(7-12)6-9-2-4-10(11)5-3-9/h2-5,8H,6-7,12H2,1H3/t8-/m1/s1. The van der Waals surface area contributed by atoms with Gasteiger partial charge in [0.15, 0.2) is 0 Å². The lowest BCUT2D eigenvalue weighted by atomic mass is 10.0. The summed E-state index contributed by atoms with van der Waals surface area (Å²) >= 11 is 5.76. The fourth-order valence-corrected chi connectivity index (χ4v) is 1.23. The van der Waals surface area contributed by atoms with E-state index >= 15 is 0 Å². The number of hydrogen-bond donors (Lipinski definition) is 1. The Morgan fingerprint density at radius 1 is 1.33 bits per heavy atom. The van der Waals surface area contributed by atoms with Gasteiger partial charge in [0.1, 0.15) is 0 Å². The van der Waals surface area contributed by atoms with E-state index in [2.05, 4.69) is 19.1 Å². The third kappa shape index (κ3) is 2.84. The SMILES string of the molecule is C[C@@H](CN)Cc1ccc(Cl)cc1. The molecule has 2 heteroatoms. The summed E-state index contributed by atoms with van der Waals surface area (Å²) in [6.07, 6.45) is 1.04. The van der Waals surface area contributed by atoms with Gasteiger partial charge >= 0.3 is 0 Å². The molecular formula is C10H14ClN. The summed E-state index contributed by atoms with van der Waals surface area (Å²) in [6.45, 7) is 2.89. The lowest BCUT2D eigenvalue weighted by molar-refractivity contribution is 0.593. The minimum atomic E-state index is 0.547. The maximum atomic E-state index is 5.76. The van der Waals surface area contributed by atoms with Gasteiger partial charge in [0.05, 0.1) is 0 Å². The molecule has 1 atom stereocenters. The van der Waals surface area contributed by atoms with Crippen LogP contribution in [0.1, 0.15) is 12.5 Å². The zero-order valence-electron chi connectivity index (χ0n) is 7.26. The van der Waals surface area contributed by atoms with Gasteiger partial charge in [-0.3, -0.25) is 0 Å². The van der Waals surface area contributed by atoms with E-state index in [0.29, 0.717) is 5.92 Å². The molecule has 66 valence electrons. The Kier molecular flexibility index (Phi) is 3.57. The van der Waals surface area contributed by atoms with E-state index in [0.717, 1.165) is 18.0 Å². The van der Waals surface area contributed by atoms with Gasteiger partial charge in [-0.1, -0.05) is 30.7 Å².